The Kier molecular flexibility index (Phi) is 5.82. The van der Waals surface area contributed by atoms with Gasteiger partial charge in [0, 0.05) is 5.02 Å². The summed E-state index contributed by atoms with van der Waals surface area (Å²) in [4.78, 5) is 13.7. The van der Waals surface area contributed by atoms with E-state index >= 15 is 0 Å². The van der Waals surface area contributed by atoms with Crippen LogP contribution in [0.15, 0.2) is 47.4 Å². The van der Waals surface area contributed by atoms with Crippen molar-refractivity contribution in [1.82, 2.24) is 10.3 Å². The van der Waals surface area contributed by atoms with E-state index in [9.17, 15) is 13.2 Å². The van der Waals surface area contributed by atoms with Gasteiger partial charge in [-0.15, -0.1) is 4.83 Å². The van der Waals surface area contributed by atoms with E-state index in [-0.39, 0.29) is 11.5 Å². The standard InChI is InChI=1S/C16H17ClN2O4S/c1-11-3-8-15(12(2)9-11)23-10-16(20)18-19-24(21,22)14-6-4-13(17)5-7-14/h3-9,19H,10H2,1-2H3,(H,18,20). The number of amides is 1. The Bertz CT molecular complexity index is 836. The Morgan fingerprint density at radius 1 is 1.12 bits per heavy atom. The van der Waals surface area contributed by atoms with E-state index in [1.54, 1.807) is 6.07 Å². The highest BCUT2D eigenvalue weighted by Crippen LogP contribution is 2.18. The molecule has 0 atom stereocenters. The molecular weight excluding hydrogens is 352 g/mol. The summed E-state index contributed by atoms with van der Waals surface area (Å²) in [7, 11) is -3.86. The van der Waals surface area contributed by atoms with Crippen LogP contribution >= 0.6 is 11.6 Å². The van der Waals surface area contributed by atoms with Crippen molar-refractivity contribution in [2.45, 2.75) is 18.7 Å². The number of aryl methyl sites for hydroxylation is 2. The van der Waals surface area contributed by atoms with E-state index in [2.05, 4.69) is 5.43 Å². The second-order valence-electron chi connectivity index (χ2n) is 5.17. The summed E-state index contributed by atoms with van der Waals surface area (Å²) in [5.41, 5.74) is 4.08. The molecule has 0 aliphatic rings. The SMILES string of the molecule is Cc1ccc(OCC(=O)NNS(=O)(=O)c2ccc(Cl)cc2)c(C)c1. The highest BCUT2D eigenvalue weighted by molar-refractivity contribution is 7.89. The Morgan fingerprint density at radius 3 is 2.42 bits per heavy atom. The van der Waals surface area contributed by atoms with Crippen LogP contribution in [-0.2, 0) is 14.8 Å². The average molecular weight is 369 g/mol. The fourth-order valence-corrected chi connectivity index (χ4v) is 2.92. The zero-order valence-electron chi connectivity index (χ0n) is 13.2. The van der Waals surface area contributed by atoms with Gasteiger partial charge < -0.3 is 4.74 Å². The van der Waals surface area contributed by atoms with Crippen LogP contribution in [0, 0.1) is 13.8 Å². The molecule has 1 amide bonds. The molecule has 128 valence electrons. The van der Waals surface area contributed by atoms with Crippen LogP contribution in [0.25, 0.3) is 0 Å². The molecule has 0 saturated carbocycles. The van der Waals surface area contributed by atoms with Crippen molar-refractivity contribution in [3.05, 3.63) is 58.6 Å². The molecule has 0 aliphatic carbocycles. The molecule has 0 fully saturated rings. The van der Waals surface area contributed by atoms with E-state index in [1.807, 2.05) is 30.8 Å². The summed E-state index contributed by atoms with van der Waals surface area (Å²) < 4.78 is 29.4. The molecule has 0 aliphatic heterocycles. The lowest BCUT2D eigenvalue weighted by Crippen LogP contribution is -2.43. The van der Waals surface area contributed by atoms with Gasteiger partial charge >= 0.3 is 0 Å². The van der Waals surface area contributed by atoms with Crippen LogP contribution in [-0.4, -0.2) is 20.9 Å². The molecule has 0 bridgehead atoms. The molecule has 2 aromatic rings. The normalized spacial score (nSPS) is 11.1. The minimum absolute atomic E-state index is 0.0116. The van der Waals surface area contributed by atoms with Crippen molar-refractivity contribution in [2.75, 3.05) is 6.61 Å². The first-order valence-electron chi connectivity index (χ1n) is 7.04. The Balaban J connectivity index is 1.89. The Labute approximate surface area is 145 Å². The predicted octanol–water partition coefficient (Wildman–Crippen LogP) is 2.35. The maximum Gasteiger partial charge on any atom is 0.272 e. The zero-order chi connectivity index (χ0) is 17.7. The molecule has 24 heavy (non-hydrogen) atoms. The molecule has 0 unspecified atom stereocenters. The summed E-state index contributed by atoms with van der Waals surface area (Å²) in [5, 5.41) is 0.417. The Hall–Kier alpha value is -2.09. The number of hydrogen-bond acceptors (Lipinski definition) is 4. The molecule has 0 heterocycles. The quantitative estimate of drug-likeness (QED) is 0.766. The van der Waals surface area contributed by atoms with Crippen molar-refractivity contribution in [3.8, 4) is 5.75 Å². The first-order valence-corrected chi connectivity index (χ1v) is 8.90. The van der Waals surface area contributed by atoms with E-state index in [4.69, 9.17) is 16.3 Å². The molecular formula is C16H17ClN2O4S. The maximum absolute atomic E-state index is 12.0. The maximum atomic E-state index is 12.0. The number of nitrogens with one attached hydrogen (secondary N) is 2. The monoisotopic (exact) mass is 368 g/mol. The van der Waals surface area contributed by atoms with Crippen molar-refractivity contribution >= 4 is 27.5 Å². The van der Waals surface area contributed by atoms with Gasteiger partial charge in [-0.3, -0.25) is 10.2 Å². The molecule has 2 aromatic carbocycles. The molecule has 2 N–H and O–H groups in total. The van der Waals surface area contributed by atoms with Gasteiger partial charge in [0.1, 0.15) is 5.75 Å². The van der Waals surface area contributed by atoms with Crippen molar-refractivity contribution in [2.24, 2.45) is 0 Å². The van der Waals surface area contributed by atoms with E-state index in [1.165, 1.54) is 24.3 Å². The van der Waals surface area contributed by atoms with Gasteiger partial charge in [0.2, 0.25) is 0 Å². The van der Waals surface area contributed by atoms with Gasteiger partial charge in [0.15, 0.2) is 6.61 Å². The number of halogens is 1. The molecule has 0 spiro atoms. The van der Waals surface area contributed by atoms with E-state index < -0.39 is 15.9 Å². The molecule has 0 saturated heterocycles. The van der Waals surface area contributed by atoms with Crippen molar-refractivity contribution in [3.63, 3.8) is 0 Å². The number of rotatable bonds is 6. The minimum atomic E-state index is -3.86. The summed E-state index contributed by atoms with van der Waals surface area (Å²) in [5.74, 6) is -0.0520. The third kappa shape index (κ3) is 4.95. The first-order chi connectivity index (χ1) is 11.3. The number of hydrogen-bond donors (Lipinski definition) is 2. The first kappa shape index (κ1) is 18.3. The largest absolute Gasteiger partial charge is 0.483 e. The minimum Gasteiger partial charge on any atom is -0.483 e. The van der Waals surface area contributed by atoms with Crippen LogP contribution in [0.3, 0.4) is 0 Å². The number of carbonyl (C=O) groups is 1. The van der Waals surface area contributed by atoms with Gasteiger partial charge in [-0.1, -0.05) is 29.3 Å². The lowest BCUT2D eigenvalue weighted by molar-refractivity contribution is -0.123. The fourth-order valence-electron chi connectivity index (χ4n) is 1.94. The van der Waals surface area contributed by atoms with Crippen LogP contribution < -0.4 is 15.0 Å². The Morgan fingerprint density at radius 2 is 1.79 bits per heavy atom. The summed E-state index contributed by atoms with van der Waals surface area (Å²) >= 11 is 5.71. The van der Waals surface area contributed by atoms with E-state index in [0.717, 1.165) is 11.1 Å². The van der Waals surface area contributed by atoms with Crippen molar-refractivity contribution < 1.29 is 17.9 Å². The van der Waals surface area contributed by atoms with Gasteiger partial charge in [-0.2, -0.15) is 0 Å². The number of carbonyl (C=O) groups excluding carboxylic acids is 1. The topological polar surface area (TPSA) is 84.5 Å². The molecule has 2 rings (SSSR count). The molecule has 8 heteroatoms. The highest BCUT2D eigenvalue weighted by atomic mass is 35.5. The third-order valence-corrected chi connectivity index (χ3v) is 4.65. The predicted molar refractivity (Wildman–Crippen MR) is 91.3 cm³/mol. The van der Waals surface area contributed by atoms with Gasteiger partial charge in [0.05, 0.1) is 4.90 Å². The summed E-state index contributed by atoms with van der Waals surface area (Å²) in [6.45, 7) is 3.51. The number of ether oxygens (including phenoxy) is 1. The van der Waals surface area contributed by atoms with Crippen molar-refractivity contribution in [1.29, 1.82) is 0 Å². The fraction of sp³-hybridized carbons (Fsp3) is 0.188. The van der Waals surface area contributed by atoms with Crippen LogP contribution in [0.5, 0.6) is 5.75 Å². The summed E-state index contributed by atoms with van der Waals surface area (Å²) in [6.07, 6.45) is 0. The van der Waals surface area contributed by atoms with Crippen LogP contribution in [0.2, 0.25) is 5.02 Å². The lowest BCUT2D eigenvalue weighted by Gasteiger charge is -2.11. The van der Waals surface area contributed by atoms with E-state index in [0.29, 0.717) is 10.8 Å². The van der Waals surface area contributed by atoms with Gasteiger partial charge in [0.25, 0.3) is 15.9 Å². The third-order valence-electron chi connectivity index (χ3n) is 3.14. The van der Waals surface area contributed by atoms with Gasteiger partial charge in [-0.25, -0.2) is 8.42 Å². The molecule has 6 nitrogen and oxygen atoms in total. The highest BCUT2D eigenvalue weighted by Gasteiger charge is 2.15. The number of sulfonamides is 1. The van der Waals surface area contributed by atoms with Crippen LogP contribution in [0.4, 0.5) is 0 Å². The zero-order valence-corrected chi connectivity index (χ0v) is 14.7. The van der Waals surface area contributed by atoms with Gasteiger partial charge in [-0.05, 0) is 49.7 Å². The second-order valence-corrected chi connectivity index (χ2v) is 7.28. The number of hydrazine groups is 1. The van der Waals surface area contributed by atoms with Crippen LogP contribution in [0.1, 0.15) is 11.1 Å². The number of benzene rings is 2. The molecule has 0 radical (unpaired) electrons. The lowest BCUT2D eigenvalue weighted by atomic mass is 10.1. The summed E-state index contributed by atoms with van der Waals surface area (Å²) in [6, 6.07) is 11.1. The smallest absolute Gasteiger partial charge is 0.272 e. The molecule has 0 aromatic heterocycles. The second kappa shape index (κ2) is 7.65. The average Bonchev–Trinajstić information content (AvgIpc) is 2.52.